The predicted molar refractivity (Wildman–Crippen MR) is 134 cm³/mol. The van der Waals surface area contributed by atoms with E-state index in [1.165, 1.54) is 10.4 Å². The maximum Gasteiger partial charge on any atom is 0.308 e. The van der Waals surface area contributed by atoms with E-state index < -0.39 is 15.9 Å². The molecule has 2 aromatic carbocycles. The number of carbonyl (C=O) groups is 1. The second kappa shape index (κ2) is 9.76. The van der Waals surface area contributed by atoms with E-state index in [-0.39, 0.29) is 23.1 Å². The first-order valence-corrected chi connectivity index (χ1v) is 13.7. The molecular weight excluding hydrogens is 505 g/mol. The van der Waals surface area contributed by atoms with E-state index in [2.05, 4.69) is 5.32 Å². The molecule has 1 aliphatic rings. The Hall–Kier alpha value is -1.91. The molecule has 0 aliphatic carbocycles. The van der Waals surface area contributed by atoms with Crippen molar-refractivity contribution in [3.8, 4) is 0 Å². The number of sulfonamides is 1. The van der Waals surface area contributed by atoms with Crippen molar-refractivity contribution < 1.29 is 13.2 Å². The van der Waals surface area contributed by atoms with Crippen molar-refractivity contribution in [1.29, 1.82) is 0 Å². The molecule has 2 heterocycles. The van der Waals surface area contributed by atoms with E-state index in [0.717, 1.165) is 21.6 Å². The molecule has 4 rings (SSSR count). The van der Waals surface area contributed by atoms with Gasteiger partial charge in [0.1, 0.15) is 0 Å². The van der Waals surface area contributed by atoms with Crippen LogP contribution in [0.15, 0.2) is 41.2 Å². The molecule has 1 saturated heterocycles. The van der Waals surface area contributed by atoms with Gasteiger partial charge >= 0.3 is 4.87 Å². The summed E-state index contributed by atoms with van der Waals surface area (Å²) in [4.78, 5) is 25.0. The molecule has 1 atom stereocenters. The number of aromatic nitrogens is 1. The lowest BCUT2D eigenvalue weighted by Crippen LogP contribution is -2.44. The Morgan fingerprint density at radius 2 is 2.00 bits per heavy atom. The number of nitrogens with one attached hydrogen (secondary N) is 1. The van der Waals surface area contributed by atoms with Crippen LogP contribution >= 0.6 is 34.5 Å². The summed E-state index contributed by atoms with van der Waals surface area (Å²) in [5.41, 5.74) is 1.89. The predicted octanol–water partition coefficient (Wildman–Crippen LogP) is 4.57. The van der Waals surface area contributed by atoms with Gasteiger partial charge in [-0.25, -0.2) is 12.7 Å². The van der Waals surface area contributed by atoms with E-state index >= 15 is 0 Å². The van der Waals surface area contributed by atoms with Crippen LogP contribution in [0.1, 0.15) is 25.3 Å². The second-order valence-corrected chi connectivity index (χ2v) is 11.8. The van der Waals surface area contributed by atoms with Crippen molar-refractivity contribution in [3.05, 3.63) is 61.7 Å². The van der Waals surface area contributed by atoms with Crippen molar-refractivity contribution in [2.45, 2.75) is 32.1 Å². The number of thiazole rings is 1. The number of rotatable bonds is 6. The zero-order chi connectivity index (χ0) is 23.8. The quantitative estimate of drug-likeness (QED) is 0.508. The number of fused-ring (bicyclic) bond motifs is 1. The average Bonchev–Trinajstić information content (AvgIpc) is 3.09. The van der Waals surface area contributed by atoms with Crippen molar-refractivity contribution >= 4 is 66.4 Å². The molecule has 1 unspecified atom stereocenters. The Balaban J connectivity index is 1.46. The molecule has 1 fully saturated rings. The fraction of sp³-hybridized carbons (Fsp3) is 0.364. The van der Waals surface area contributed by atoms with Crippen molar-refractivity contribution in [2.75, 3.05) is 18.4 Å². The van der Waals surface area contributed by atoms with Crippen LogP contribution in [0.2, 0.25) is 10.0 Å². The van der Waals surface area contributed by atoms with Crippen LogP contribution < -0.4 is 10.2 Å². The smallest absolute Gasteiger partial charge is 0.308 e. The fourth-order valence-corrected chi connectivity index (χ4v) is 7.21. The lowest BCUT2D eigenvalue weighted by Gasteiger charge is -2.31. The van der Waals surface area contributed by atoms with Crippen molar-refractivity contribution in [1.82, 2.24) is 8.87 Å². The Kier molecular flexibility index (Phi) is 7.16. The summed E-state index contributed by atoms with van der Waals surface area (Å²) >= 11 is 13.2. The van der Waals surface area contributed by atoms with Gasteiger partial charge < -0.3 is 5.32 Å². The Labute approximate surface area is 206 Å². The Morgan fingerprint density at radius 3 is 2.73 bits per heavy atom. The number of anilines is 1. The van der Waals surface area contributed by atoms with Crippen molar-refractivity contribution in [3.63, 3.8) is 0 Å². The van der Waals surface area contributed by atoms with Gasteiger partial charge in [-0.1, -0.05) is 40.6 Å². The van der Waals surface area contributed by atoms with Crippen LogP contribution in [0.4, 0.5) is 5.69 Å². The largest absolute Gasteiger partial charge is 0.326 e. The zero-order valence-electron chi connectivity index (χ0n) is 17.9. The SMILES string of the molecule is CCn1c(=O)sc2cc(NC(=O)C3CCCN(S(=O)(=O)Cc4ccc(Cl)cc4Cl)C3)ccc21. The number of nitrogens with zero attached hydrogens (tertiary/aromatic N) is 2. The van der Waals surface area contributed by atoms with Crippen LogP contribution in [0, 0.1) is 5.92 Å². The van der Waals surface area contributed by atoms with Gasteiger partial charge in [0, 0.05) is 35.4 Å². The topological polar surface area (TPSA) is 88.5 Å². The van der Waals surface area contributed by atoms with E-state index in [0.29, 0.717) is 47.2 Å². The standard InChI is InChI=1S/C22H23Cl2N3O4S2/c1-2-27-19-8-7-17(11-20(19)32-22(27)29)25-21(28)14-4-3-9-26(12-14)33(30,31)13-15-5-6-16(23)10-18(15)24/h5-8,10-11,14H,2-4,9,12-13H2,1H3,(H,25,28). The maximum absolute atomic E-state index is 13.0. The summed E-state index contributed by atoms with van der Waals surface area (Å²) in [7, 11) is -3.65. The number of hydrogen-bond acceptors (Lipinski definition) is 5. The molecule has 0 radical (unpaired) electrons. The molecule has 3 aromatic rings. The third-order valence-electron chi connectivity index (χ3n) is 5.75. The Bertz CT molecular complexity index is 1370. The van der Waals surface area contributed by atoms with Crippen LogP contribution in [0.3, 0.4) is 0 Å². The second-order valence-electron chi connectivity index (χ2n) is 7.97. The van der Waals surface area contributed by atoms with Crippen LogP contribution in [0.5, 0.6) is 0 Å². The molecule has 1 aromatic heterocycles. The average molecular weight is 528 g/mol. The summed E-state index contributed by atoms with van der Waals surface area (Å²) in [5.74, 6) is -0.952. The summed E-state index contributed by atoms with van der Waals surface area (Å²) in [6.45, 7) is 2.97. The Morgan fingerprint density at radius 1 is 1.21 bits per heavy atom. The first kappa shape index (κ1) is 24.2. The van der Waals surface area contributed by atoms with Gasteiger partial charge in [-0.15, -0.1) is 0 Å². The van der Waals surface area contributed by atoms with Gasteiger partial charge in [0.05, 0.1) is 21.9 Å². The monoisotopic (exact) mass is 527 g/mol. The van der Waals surface area contributed by atoms with Crippen LogP contribution in [-0.4, -0.2) is 36.3 Å². The number of amides is 1. The minimum absolute atomic E-state index is 0.0371. The van der Waals surface area contributed by atoms with Gasteiger partial charge in [-0.05, 0) is 55.7 Å². The van der Waals surface area contributed by atoms with Gasteiger partial charge in [0.2, 0.25) is 15.9 Å². The van der Waals surface area contributed by atoms with Crippen LogP contribution in [0.25, 0.3) is 10.2 Å². The number of benzene rings is 2. The highest BCUT2D eigenvalue weighted by atomic mass is 35.5. The first-order valence-electron chi connectivity index (χ1n) is 10.5. The fourth-order valence-electron chi connectivity index (χ4n) is 4.02. The van der Waals surface area contributed by atoms with E-state index in [1.807, 2.05) is 13.0 Å². The molecule has 0 bridgehead atoms. The highest BCUT2D eigenvalue weighted by molar-refractivity contribution is 7.88. The molecule has 1 amide bonds. The first-order chi connectivity index (χ1) is 15.7. The minimum atomic E-state index is -3.65. The molecule has 0 saturated carbocycles. The number of piperidine rings is 1. The highest BCUT2D eigenvalue weighted by Gasteiger charge is 2.33. The zero-order valence-corrected chi connectivity index (χ0v) is 21.0. The van der Waals surface area contributed by atoms with Crippen molar-refractivity contribution in [2.24, 2.45) is 5.92 Å². The maximum atomic E-state index is 13.0. The lowest BCUT2D eigenvalue weighted by molar-refractivity contribution is -0.120. The molecule has 11 heteroatoms. The molecule has 7 nitrogen and oxygen atoms in total. The summed E-state index contributed by atoms with van der Waals surface area (Å²) < 4.78 is 29.8. The van der Waals surface area contributed by atoms with E-state index in [4.69, 9.17) is 23.2 Å². The number of carbonyl (C=O) groups excluding carboxylic acids is 1. The highest BCUT2D eigenvalue weighted by Crippen LogP contribution is 2.27. The number of aryl methyl sites for hydroxylation is 1. The minimum Gasteiger partial charge on any atom is -0.326 e. The third kappa shape index (κ3) is 5.27. The van der Waals surface area contributed by atoms with Gasteiger partial charge in [0.25, 0.3) is 0 Å². The van der Waals surface area contributed by atoms with Gasteiger partial charge in [0.15, 0.2) is 0 Å². The molecule has 0 spiro atoms. The lowest BCUT2D eigenvalue weighted by atomic mass is 9.98. The normalized spacial score (nSPS) is 17.4. The molecule has 33 heavy (non-hydrogen) atoms. The molecule has 1 aliphatic heterocycles. The van der Waals surface area contributed by atoms with E-state index in [9.17, 15) is 18.0 Å². The molecule has 1 N–H and O–H groups in total. The summed E-state index contributed by atoms with van der Waals surface area (Å²) in [6, 6.07) is 10.1. The molecular formula is C22H23Cl2N3O4S2. The van der Waals surface area contributed by atoms with Gasteiger partial charge in [-0.2, -0.15) is 0 Å². The van der Waals surface area contributed by atoms with Gasteiger partial charge in [-0.3, -0.25) is 14.2 Å². The van der Waals surface area contributed by atoms with E-state index in [1.54, 1.807) is 28.8 Å². The summed E-state index contributed by atoms with van der Waals surface area (Å²) in [5, 5.41) is 3.62. The third-order valence-corrected chi connectivity index (χ3v) is 9.08. The number of halogens is 2. The summed E-state index contributed by atoms with van der Waals surface area (Å²) in [6.07, 6.45) is 1.19. The number of hydrogen-bond donors (Lipinski definition) is 1. The van der Waals surface area contributed by atoms with Crippen LogP contribution in [-0.2, 0) is 27.1 Å². The molecule has 176 valence electrons.